The molecule has 1 atom stereocenters. The van der Waals surface area contributed by atoms with Gasteiger partial charge < -0.3 is 9.47 Å². The summed E-state index contributed by atoms with van der Waals surface area (Å²) in [5, 5.41) is 11.1. The normalized spacial score (nSPS) is 21.1. The molecule has 0 spiro atoms. The van der Waals surface area contributed by atoms with E-state index >= 15 is 0 Å². The number of urea groups is 1. The Morgan fingerprint density at radius 2 is 1.77 bits per heavy atom. The molecule has 1 heterocycles. The van der Waals surface area contributed by atoms with Crippen molar-refractivity contribution in [2.45, 2.75) is 26.2 Å². The molecule has 0 aromatic carbocycles. The maximum absolute atomic E-state index is 11.9. The molecule has 0 bridgehead atoms. The summed E-state index contributed by atoms with van der Waals surface area (Å²) in [7, 11) is 2.52. The van der Waals surface area contributed by atoms with E-state index in [2.05, 4.69) is 4.99 Å². The third kappa shape index (κ3) is 3.77. The zero-order valence-corrected chi connectivity index (χ0v) is 13.0. The van der Waals surface area contributed by atoms with Gasteiger partial charge in [-0.1, -0.05) is 0 Å². The molecule has 0 aromatic rings. The van der Waals surface area contributed by atoms with Gasteiger partial charge in [-0.15, -0.1) is 0 Å². The van der Waals surface area contributed by atoms with Gasteiger partial charge in [0.05, 0.1) is 6.54 Å². The van der Waals surface area contributed by atoms with Gasteiger partial charge in [0.2, 0.25) is 0 Å². The highest BCUT2D eigenvalue weighted by Gasteiger charge is 2.48. The summed E-state index contributed by atoms with van der Waals surface area (Å²) < 4.78 is 10.6. The van der Waals surface area contributed by atoms with Crippen LogP contribution in [0, 0.1) is 10.1 Å². The second-order valence-corrected chi connectivity index (χ2v) is 4.47. The van der Waals surface area contributed by atoms with Crippen molar-refractivity contribution >= 4 is 17.8 Å². The van der Waals surface area contributed by atoms with E-state index < -0.39 is 29.2 Å². The molecule has 0 radical (unpaired) electrons. The second kappa shape index (κ2) is 7.80. The predicted octanol–water partition coefficient (Wildman–Crippen LogP) is -0.0469. The van der Waals surface area contributed by atoms with Gasteiger partial charge in [0, 0.05) is 32.2 Å². The Balaban J connectivity index is 3.04. The molecule has 3 amide bonds. The summed E-state index contributed by atoms with van der Waals surface area (Å²) in [6.45, 7) is 4.26. The van der Waals surface area contributed by atoms with E-state index in [1.807, 2.05) is 0 Å². The van der Waals surface area contributed by atoms with E-state index in [1.165, 1.54) is 14.1 Å². The molecule has 1 unspecified atom stereocenters. The van der Waals surface area contributed by atoms with Gasteiger partial charge in [-0.3, -0.25) is 29.7 Å². The minimum atomic E-state index is -1.71. The Labute approximate surface area is 127 Å². The Hall–Kier alpha value is -2.07. The van der Waals surface area contributed by atoms with Gasteiger partial charge in [-0.2, -0.15) is 0 Å². The summed E-state index contributed by atoms with van der Waals surface area (Å²) in [5.41, 5.74) is 0. The molecule has 1 fully saturated rings. The van der Waals surface area contributed by atoms with Crippen LogP contribution in [0.25, 0.3) is 0 Å². The first-order chi connectivity index (χ1) is 10.3. The highest BCUT2D eigenvalue weighted by molar-refractivity contribution is 6.19. The zero-order valence-electron chi connectivity index (χ0n) is 13.0. The van der Waals surface area contributed by atoms with Crippen molar-refractivity contribution < 1.29 is 24.0 Å². The number of imide groups is 1. The van der Waals surface area contributed by atoms with Crippen LogP contribution in [0.2, 0.25) is 0 Å². The number of rotatable bonds is 7. The number of aliphatic imine (C=N–C) groups is 1. The highest BCUT2D eigenvalue weighted by atomic mass is 16.7. The molecule has 10 nitrogen and oxygen atoms in total. The van der Waals surface area contributed by atoms with Crippen molar-refractivity contribution in [3.8, 4) is 0 Å². The molecule has 10 heteroatoms. The first kappa shape index (κ1) is 18.0. The van der Waals surface area contributed by atoms with E-state index in [1.54, 1.807) is 13.8 Å². The summed E-state index contributed by atoms with van der Waals surface area (Å²) >= 11 is 0. The summed E-state index contributed by atoms with van der Waals surface area (Å²) in [4.78, 5) is 39.9. The average Bonchev–Trinajstić information content (AvgIpc) is 2.47. The molecule has 124 valence electrons. The van der Waals surface area contributed by atoms with Crippen LogP contribution in [0.3, 0.4) is 0 Å². The number of ether oxygens (including phenoxy) is 2. The number of likely N-dealkylation sites (N-methyl/N-ethyl adjacent to an activating group) is 2. The lowest BCUT2D eigenvalue weighted by molar-refractivity contribution is -0.491. The van der Waals surface area contributed by atoms with Crippen LogP contribution in [0.5, 0.6) is 0 Å². The van der Waals surface area contributed by atoms with Gasteiger partial charge >= 0.3 is 18.0 Å². The van der Waals surface area contributed by atoms with E-state index in [0.29, 0.717) is 18.1 Å². The minimum absolute atomic E-state index is 0.0457. The third-order valence-electron chi connectivity index (χ3n) is 3.04. The molecule has 22 heavy (non-hydrogen) atoms. The van der Waals surface area contributed by atoms with Crippen molar-refractivity contribution in [2.75, 3.05) is 33.9 Å². The molecule has 0 saturated carbocycles. The lowest BCUT2D eigenvalue weighted by atomic mass is 10.2. The van der Waals surface area contributed by atoms with Crippen LogP contribution in [0.15, 0.2) is 4.99 Å². The number of amides is 3. The largest absolute Gasteiger partial charge is 0.351 e. The van der Waals surface area contributed by atoms with E-state index in [4.69, 9.17) is 9.47 Å². The SMILES string of the molecule is CCOC(CN=C1C([N+](=O)[O-])C(=O)N(C)C(=O)N1C)OCC. The Morgan fingerprint density at radius 1 is 1.23 bits per heavy atom. The van der Waals surface area contributed by atoms with Gasteiger partial charge in [-0.05, 0) is 13.8 Å². The number of nitro groups is 1. The fourth-order valence-electron chi connectivity index (χ4n) is 1.96. The van der Waals surface area contributed by atoms with Gasteiger partial charge in [0.1, 0.15) is 0 Å². The summed E-state index contributed by atoms with van der Waals surface area (Å²) in [6, 6.07) is -2.39. The maximum Gasteiger partial charge on any atom is 0.346 e. The lowest BCUT2D eigenvalue weighted by Gasteiger charge is -2.31. The molecule has 0 N–H and O–H groups in total. The zero-order chi connectivity index (χ0) is 16.9. The molecular formula is C12H20N4O6. The molecule has 1 aliphatic rings. The van der Waals surface area contributed by atoms with E-state index in [9.17, 15) is 19.7 Å². The standard InChI is InChI=1S/C12H20N4O6/c1-5-21-8(22-6-2)7-13-10-9(16(19)20)11(17)15(4)12(18)14(10)3/h8-9H,5-7H2,1-4H3. The van der Waals surface area contributed by atoms with Crippen LogP contribution in [0.1, 0.15) is 13.8 Å². The van der Waals surface area contributed by atoms with Crippen molar-refractivity contribution in [1.82, 2.24) is 9.80 Å². The van der Waals surface area contributed by atoms with Crippen molar-refractivity contribution in [3.63, 3.8) is 0 Å². The first-order valence-electron chi connectivity index (χ1n) is 6.81. The van der Waals surface area contributed by atoms with Gasteiger partial charge in [0.15, 0.2) is 12.1 Å². The van der Waals surface area contributed by atoms with E-state index in [-0.39, 0.29) is 12.4 Å². The molecule has 0 aliphatic carbocycles. The Kier molecular flexibility index (Phi) is 6.38. The quantitative estimate of drug-likeness (QED) is 0.369. The number of hydrogen-bond acceptors (Lipinski definition) is 7. The predicted molar refractivity (Wildman–Crippen MR) is 76.1 cm³/mol. The number of carbonyl (C=O) groups is 2. The first-order valence-corrected chi connectivity index (χ1v) is 6.81. The smallest absolute Gasteiger partial charge is 0.346 e. The molecule has 1 rings (SSSR count). The van der Waals surface area contributed by atoms with Crippen LogP contribution >= 0.6 is 0 Å². The number of hydrogen-bond donors (Lipinski definition) is 0. The average molecular weight is 316 g/mol. The topological polar surface area (TPSA) is 115 Å². The minimum Gasteiger partial charge on any atom is -0.351 e. The fraction of sp³-hybridized carbons (Fsp3) is 0.750. The Morgan fingerprint density at radius 3 is 2.23 bits per heavy atom. The monoisotopic (exact) mass is 316 g/mol. The Bertz CT molecular complexity index is 474. The lowest BCUT2D eigenvalue weighted by Crippen LogP contribution is -2.62. The number of carbonyl (C=O) groups excluding carboxylic acids is 2. The summed E-state index contributed by atoms with van der Waals surface area (Å²) in [5.74, 6) is -1.14. The van der Waals surface area contributed by atoms with Crippen LogP contribution < -0.4 is 0 Å². The van der Waals surface area contributed by atoms with Crippen LogP contribution in [-0.2, 0) is 14.3 Å². The maximum atomic E-state index is 11.9. The van der Waals surface area contributed by atoms with Gasteiger partial charge in [-0.25, -0.2) is 4.79 Å². The molecular weight excluding hydrogens is 296 g/mol. The van der Waals surface area contributed by atoms with Crippen molar-refractivity contribution in [1.29, 1.82) is 0 Å². The van der Waals surface area contributed by atoms with Crippen LogP contribution in [0.4, 0.5) is 4.79 Å². The number of nitrogens with zero attached hydrogens (tertiary/aromatic N) is 4. The summed E-state index contributed by atoms with van der Waals surface area (Å²) in [6.07, 6.45) is -0.687. The fourth-order valence-corrected chi connectivity index (χ4v) is 1.96. The third-order valence-corrected chi connectivity index (χ3v) is 3.04. The van der Waals surface area contributed by atoms with Crippen molar-refractivity contribution in [2.24, 2.45) is 4.99 Å². The molecule has 0 aromatic heterocycles. The van der Waals surface area contributed by atoms with Crippen LogP contribution in [-0.4, -0.2) is 78.7 Å². The highest BCUT2D eigenvalue weighted by Crippen LogP contribution is 2.13. The second-order valence-electron chi connectivity index (χ2n) is 4.47. The van der Waals surface area contributed by atoms with Gasteiger partial charge in [0.25, 0.3) is 0 Å². The van der Waals surface area contributed by atoms with E-state index in [0.717, 1.165) is 4.90 Å². The van der Waals surface area contributed by atoms with Crippen molar-refractivity contribution in [3.05, 3.63) is 10.1 Å². The molecule has 1 saturated heterocycles. The number of amidine groups is 1. The molecule has 1 aliphatic heterocycles.